The van der Waals surface area contributed by atoms with E-state index in [1.54, 1.807) is 0 Å². The lowest BCUT2D eigenvalue weighted by Gasteiger charge is -2.37. The Bertz CT molecular complexity index is 1430. The van der Waals surface area contributed by atoms with E-state index in [1.807, 2.05) is 55.0 Å². The normalized spacial score (nSPS) is 13.8. The summed E-state index contributed by atoms with van der Waals surface area (Å²) in [7, 11) is 0. The van der Waals surface area contributed by atoms with E-state index in [1.165, 1.54) is 0 Å². The molecule has 6 rings (SSSR count). The van der Waals surface area contributed by atoms with Crippen molar-refractivity contribution >= 4 is 5.69 Å². The van der Waals surface area contributed by atoms with Gasteiger partial charge in [-0.2, -0.15) is 5.26 Å². The molecule has 0 fully saturated rings. The Hall–Kier alpha value is -4.82. The van der Waals surface area contributed by atoms with Crippen LogP contribution in [0.25, 0.3) is 0 Å². The van der Waals surface area contributed by atoms with Crippen LogP contribution in [0.4, 0.5) is 5.69 Å². The fourth-order valence-corrected chi connectivity index (χ4v) is 5.40. The van der Waals surface area contributed by atoms with E-state index in [4.69, 9.17) is 9.72 Å². The maximum Gasteiger partial charge on any atom is 0.161 e. The highest BCUT2D eigenvalue weighted by Crippen LogP contribution is 2.42. The van der Waals surface area contributed by atoms with Crippen molar-refractivity contribution in [2.45, 2.75) is 11.6 Å². The highest BCUT2D eigenvalue weighted by atomic mass is 16.5. The lowest BCUT2D eigenvalue weighted by Crippen LogP contribution is -2.37. The highest BCUT2D eigenvalue weighted by molar-refractivity contribution is 5.62. The molecule has 0 N–H and O–H groups in total. The molecule has 5 heteroatoms. The lowest BCUT2D eigenvalue weighted by molar-refractivity contribution is 0.304. The van der Waals surface area contributed by atoms with Crippen LogP contribution in [0.3, 0.4) is 0 Å². The average molecular weight is 483 g/mol. The second-order valence-electron chi connectivity index (χ2n) is 9.06. The van der Waals surface area contributed by atoms with E-state index in [9.17, 15) is 5.26 Å². The van der Waals surface area contributed by atoms with Crippen LogP contribution < -0.4 is 9.64 Å². The third-order valence-corrected chi connectivity index (χ3v) is 7.04. The van der Waals surface area contributed by atoms with Crippen molar-refractivity contribution in [3.8, 4) is 11.8 Å². The molecule has 0 aliphatic carbocycles. The molecule has 0 saturated heterocycles. The van der Waals surface area contributed by atoms with Gasteiger partial charge in [-0.1, -0.05) is 103 Å². The van der Waals surface area contributed by atoms with E-state index in [2.05, 4.69) is 88.3 Å². The summed E-state index contributed by atoms with van der Waals surface area (Å²) in [6, 6.07) is 41.2. The largest absolute Gasteiger partial charge is 0.490 e. The summed E-state index contributed by atoms with van der Waals surface area (Å²) < 4.78 is 7.99. The summed E-state index contributed by atoms with van der Waals surface area (Å²) in [5.74, 6) is 0.792. The number of hydrogen-bond acceptors (Lipinski definition) is 4. The van der Waals surface area contributed by atoms with Gasteiger partial charge in [0.25, 0.3) is 0 Å². The van der Waals surface area contributed by atoms with Gasteiger partial charge in [-0.15, -0.1) is 0 Å². The maximum absolute atomic E-state index is 10.3. The number of nitrogens with zero attached hydrogens (tertiary/aromatic N) is 4. The van der Waals surface area contributed by atoms with Gasteiger partial charge in [0.1, 0.15) is 17.9 Å². The third-order valence-electron chi connectivity index (χ3n) is 7.04. The summed E-state index contributed by atoms with van der Waals surface area (Å²) in [6.07, 6.45) is 3.89. The third kappa shape index (κ3) is 3.84. The summed E-state index contributed by atoms with van der Waals surface area (Å²) in [5, 5.41) is 10.3. The molecule has 0 bridgehead atoms. The van der Waals surface area contributed by atoms with E-state index in [-0.39, 0.29) is 0 Å². The van der Waals surface area contributed by atoms with Crippen LogP contribution in [0.5, 0.6) is 5.75 Å². The van der Waals surface area contributed by atoms with Crippen LogP contribution in [0.1, 0.15) is 28.4 Å². The minimum absolute atomic E-state index is 0.526. The van der Waals surface area contributed by atoms with Gasteiger partial charge >= 0.3 is 0 Å². The Kier molecular flexibility index (Phi) is 5.92. The zero-order valence-electron chi connectivity index (χ0n) is 20.3. The second kappa shape index (κ2) is 9.67. The Labute approximate surface area is 216 Å². The highest BCUT2D eigenvalue weighted by Gasteiger charge is 2.39. The van der Waals surface area contributed by atoms with Gasteiger partial charge in [-0.3, -0.25) is 0 Å². The number of para-hydroxylation sites is 2. The molecule has 2 heterocycles. The Morgan fingerprint density at radius 3 is 1.86 bits per heavy atom. The molecule has 1 aliphatic rings. The lowest BCUT2D eigenvalue weighted by atomic mass is 9.77. The number of aromatic nitrogens is 2. The number of anilines is 1. The standard InChI is InChI=1S/C32H26N4O/c33-22-30(36-20-21-37-31-19-11-10-18-29(31)36)28-23-35(24-34-28)32(25-12-4-1-5-13-25,26-14-6-2-7-15-26)27-16-8-3-9-17-27/h1-19,23-24,30H,20-21H2. The minimum Gasteiger partial charge on any atom is -0.490 e. The number of ether oxygens (including phenoxy) is 1. The maximum atomic E-state index is 10.3. The topological polar surface area (TPSA) is 54.1 Å². The predicted octanol–water partition coefficient (Wildman–Crippen LogP) is 6.19. The molecule has 0 saturated carbocycles. The molecular weight excluding hydrogens is 456 g/mol. The number of hydrogen-bond donors (Lipinski definition) is 0. The van der Waals surface area contributed by atoms with Crippen LogP contribution in [0.2, 0.25) is 0 Å². The Balaban J connectivity index is 1.54. The van der Waals surface area contributed by atoms with Crippen LogP contribution in [-0.2, 0) is 5.54 Å². The van der Waals surface area contributed by atoms with Crippen LogP contribution in [0.15, 0.2) is 128 Å². The minimum atomic E-state index is -0.669. The zero-order valence-corrected chi connectivity index (χ0v) is 20.3. The summed E-state index contributed by atoms with van der Waals surface area (Å²) >= 11 is 0. The first kappa shape index (κ1) is 22.6. The van der Waals surface area contributed by atoms with Crippen molar-refractivity contribution in [3.05, 3.63) is 150 Å². The van der Waals surface area contributed by atoms with Crippen molar-refractivity contribution in [2.75, 3.05) is 18.1 Å². The molecule has 180 valence electrons. The van der Waals surface area contributed by atoms with E-state index in [0.29, 0.717) is 18.8 Å². The molecule has 1 unspecified atom stereocenters. The molecule has 0 amide bonds. The number of fused-ring (bicyclic) bond motifs is 1. The SMILES string of the molecule is N#CC(c1cn(C(c2ccccc2)(c2ccccc2)c2ccccc2)cn1)N1CCOc2ccccc21. The average Bonchev–Trinajstić information content (AvgIpc) is 3.46. The van der Waals surface area contributed by atoms with Gasteiger partial charge in [0, 0.05) is 6.20 Å². The first-order chi connectivity index (χ1) is 18.3. The fraction of sp³-hybridized carbons (Fsp3) is 0.125. The quantitative estimate of drug-likeness (QED) is 0.271. The molecule has 5 aromatic rings. The van der Waals surface area contributed by atoms with Gasteiger partial charge < -0.3 is 14.2 Å². The van der Waals surface area contributed by atoms with E-state index < -0.39 is 11.6 Å². The van der Waals surface area contributed by atoms with Crippen molar-refractivity contribution in [1.29, 1.82) is 5.26 Å². The summed E-state index contributed by atoms with van der Waals surface area (Å²) in [5.41, 5.74) is 4.28. The zero-order chi connectivity index (χ0) is 25.1. The van der Waals surface area contributed by atoms with Gasteiger partial charge in [0.15, 0.2) is 6.04 Å². The van der Waals surface area contributed by atoms with Gasteiger partial charge in [0.05, 0.1) is 30.3 Å². The monoisotopic (exact) mass is 482 g/mol. The van der Waals surface area contributed by atoms with Crippen LogP contribution in [0, 0.1) is 11.3 Å². The van der Waals surface area contributed by atoms with Crippen molar-refractivity contribution in [2.24, 2.45) is 0 Å². The molecule has 5 nitrogen and oxygen atoms in total. The molecule has 1 aliphatic heterocycles. The van der Waals surface area contributed by atoms with Crippen LogP contribution >= 0.6 is 0 Å². The Morgan fingerprint density at radius 1 is 0.757 bits per heavy atom. The molecule has 1 atom stereocenters. The van der Waals surface area contributed by atoms with Gasteiger partial charge in [0.2, 0.25) is 0 Å². The fourth-order valence-electron chi connectivity index (χ4n) is 5.40. The van der Waals surface area contributed by atoms with Gasteiger partial charge in [-0.05, 0) is 28.8 Å². The number of benzene rings is 4. The number of imidazole rings is 1. The second-order valence-corrected chi connectivity index (χ2v) is 9.06. The first-order valence-electron chi connectivity index (χ1n) is 12.4. The van der Waals surface area contributed by atoms with Crippen molar-refractivity contribution < 1.29 is 4.74 Å². The van der Waals surface area contributed by atoms with Crippen molar-refractivity contribution in [3.63, 3.8) is 0 Å². The smallest absolute Gasteiger partial charge is 0.161 e. The molecular formula is C32H26N4O. The Morgan fingerprint density at radius 2 is 1.30 bits per heavy atom. The predicted molar refractivity (Wildman–Crippen MR) is 144 cm³/mol. The molecule has 1 aromatic heterocycles. The molecule has 0 radical (unpaired) electrons. The molecule has 0 spiro atoms. The summed E-state index contributed by atoms with van der Waals surface area (Å²) in [6.45, 7) is 1.14. The van der Waals surface area contributed by atoms with Crippen molar-refractivity contribution in [1.82, 2.24) is 9.55 Å². The molecule has 4 aromatic carbocycles. The van der Waals surface area contributed by atoms with Gasteiger partial charge in [-0.25, -0.2) is 4.98 Å². The number of rotatable bonds is 6. The van der Waals surface area contributed by atoms with E-state index >= 15 is 0 Å². The van der Waals surface area contributed by atoms with Crippen LogP contribution in [-0.4, -0.2) is 22.7 Å². The molecule has 37 heavy (non-hydrogen) atoms. The van der Waals surface area contributed by atoms with E-state index in [0.717, 1.165) is 28.1 Å². The summed E-state index contributed by atoms with van der Waals surface area (Å²) in [4.78, 5) is 6.92. The first-order valence-corrected chi connectivity index (χ1v) is 12.4. The number of nitriles is 1.